The van der Waals surface area contributed by atoms with E-state index in [1.807, 2.05) is 26.8 Å². The van der Waals surface area contributed by atoms with E-state index in [9.17, 15) is 9.59 Å². The zero-order valence-corrected chi connectivity index (χ0v) is 17.8. The number of nitrogens with zero attached hydrogens (tertiary/aromatic N) is 1. The zero-order chi connectivity index (χ0) is 19.7. The molecule has 1 heterocycles. The van der Waals surface area contributed by atoms with Crippen molar-refractivity contribution in [1.82, 2.24) is 4.57 Å². The van der Waals surface area contributed by atoms with Crippen molar-refractivity contribution >= 4 is 26.1 Å². The van der Waals surface area contributed by atoms with Gasteiger partial charge in [0.2, 0.25) is 8.32 Å². The molecule has 0 fully saturated rings. The molecule has 2 rings (SSSR count). The molecule has 0 saturated carbocycles. The Bertz CT molecular complexity index is 734. The maximum atomic E-state index is 12.7. The number of hydrogen-bond acceptors (Lipinski definition) is 5. The maximum Gasteiger partial charge on any atom is 0.418 e. The molecule has 0 spiro atoms. The number of hydrogen-bond donors (Lipinski definition) is 0. The highest BCUT2D eigenvalue weighted by atomic mass is 28.4. The Kier molecular flexibility index (Phi) is 5.70. The number of aromatic nitrogens is 1. The van der Waals surface area contributed by atoms with Crippen LogP contribution >= 0.6 is 0 Å². The molecule has 0 aliphatic heterocycles. The summed E-state index contributed by atoms with van der Waals surface area (Å²) in [6, 6.07) is 0. The molecule has 0 amide bonds. The molecule has 0 radical (unpaired) electrons. The maximum absolute atomic E-state index is 12.7. The lowest BCUT2D eigenvalue weighted by Crippen LogP contribution is -2.28. The molecule has 144 valence electrons. The molecule has 0 aromatic carbocycles. The van der Waals surface area contributed by atoms with Gasteiger partial charge in [-0.3, -0.25) is 4.57 Å². The highest BCUT2D eigenvalue weighted by Crippen LogP contribution is 2.34. The third-order valence-corrected chi connectivity index (χ3v) is 4.54. The van der Waals surface area contributed by atoms with Crippen LogP contribution in [0.1, 0.15) is 55.2 Å². The van der Waals surface area contributed by atoms with Crippen LogP contribution in [0, 0.1) is 0 Å². The van der Waals surface area contributed by atoms with Crippen molar-refractivity contribution in [1.29, 1.82) is 0 Å². The molecule has 26 heavy (non-hydrogen) atoms. The van der Waals surface area contributed by atoms with E-state index in [-0.39, 0.29) is 0 Å². The Labute approximate surface area is 156 Å². The second-order valence-corrected chi connectivity index (χ2v) is 12.8. The lowest BCUT2D eigenvalue weighted by Gasteiger charge is -2.23. The lowest BCUT2D eigenvalue weighted by atomic mass is 10.1. The first-order valence-corrected chi connectivity index (χ1v) is 12.3. The zero-order valence-electron chi connectivity index (χ0n) is 16.8. The van der Waals surface area contributed by atoms with Crippen LogP contribution in [0.2, 0.25) is 19.6 Å². The highest BCUT2D eigenvalue weighted by Gasteiger charge is 2.32. The van der Waals surface area contributed by atoms with E-state index < -0.39 is 26.0 Å². The first-order chi connectivity index (χ1) is 11.9. The van der Waals surface area contributed by atoms with Crippen LogP contribution in [0.5, 0.6) is 0 Å². The van der Waals surface area contributed by atoms with Gasteiger partial charge >= 0.3 is 12.1 Å². The summed E-state index contributed by atoms with van der Waals surface area (Å²) >= 11 is 0. The fourth-order valence-corrected chi connectivity index (χ4v) is 3.68. The van der Waals surface area contributed by atoms with Crippen LogP contribution < -0.4 is 0 Å². The normalized spacial score (nSPS) is 14.8. The molecule has 0 unspecified atom stereocenters. The van der Waals surface area contributed by atoms with Gasteiger partial charge in [0.25, 0.3) is 0 Å². The quantitative estimate of drug-likeness (QED) is 0.568. The molecule has 6 nitrogen and oxygen atoms in total. The summed E-state index contributed by atoms with van der Waals surface area (Å²) < 4.78 is 18.1. The topological polar surface area (TPSA) is 66.8 Å². The fourth-order valence-electron chi connectivity index (χ4n) is 2.83. The van der Waals surface area contributed by atoms with Crippen LogP contribution in [0.4, 0.5) is 4.79 Å². The van der Waals surface area contributed by atoms with Gasteiger partial charge in [0.15, 0.2) is 0 Å². The highest BCUT2D eigenvalue weighted by molar-refractivity contribution is 6.70. The van der Waals surface area contributed by atoms with Crippen LogP contribution in [0.25, 0.3) is 5.76 Å². The fraction of sp³-hybridized carbons (Fsp3) is 0.579. The van der Waals surface area contributed by atoms with Gasteiger partial charge in [-0.1, -0.05) is 0 Å². The first kappa shape index (κ1) is 20.3. The van der Waals surface area contributed by atoms with Gasteiger partial charge < -0.3 is 13.9 Å². The number of methoxy groups -OCH3 is 1. The number of esters is 1. The standard InChI is InChI=1S/C19H29NO5Si/c1-19(2,3)24-18(22)20-12-13(17(21)23-4)16-14(20)10-8-9-11-15(16)25-26(5,6)7/h11-12H,8-10H2,1-7H3. The minimum absolute atomic E-state index is 0.333. The van der Waals surface area contributed by atoms with Crippen molar-refractivity contribution in [3.8, 4) is 0 Å². The second kappa shape index (κ2) is 7.30. The largest absolute Gasteiger partial charge is 0.544 e. The van der Waals surface area contributed by atoms with Crippen molar-refractivity contribution in [2.24, 2.45) is 0 Å². The van der Waals surface area contributed by atoms with Gasteiger partial charge in [-0.25, -0.2) is 9.59 Å². The molecule has 7 heteroatoms. The lowest BCUT2D eigenvalue weighted by molar-refractivity contribution is 0.0532. The summed E-state index contributed by atoms with van der Waals surface area (Å²) in [5.41, 5.74) is 1.10. The summed E-state index contributed by atoms with van der Waals surface area (Å²) in [5.74, 6) is 0.176. The van der Waals surface area contributed by atoms with E-state index in [0.29, 0.717) is 23.3 Å². The number of rotatable bonds is 3. The molecule has 1 aliphatic rings. The Morgan fingerprint density at radius 3 is 2.38 bits per heavy atom. The average molecular weight is 380 g/mol. The molecule has 0 bridgehead atoms. The summed E-state index contributed by atoms with van der Waals surface area (Å²) in [7, 11) is -0.573. The van der Waals surface area contributed by atoms with E-state index in [1.54, 1.807) is 0 Å². The van der Waals surface area contributed by atoms with E-state index in [4.69, 9.17) is 13.9 Å². The van der Waals surface area contributed by atoms with Crippen LogP contribution in [0.3, 0.4) is 0 Å². The van der Waals surface area contributed by atoms with E-state index in [0.717, 1.165) is 18.5 Å². The van der Waals surface area contributed by atoms with Crippen molar-refractivity contribution in [3.05, 3.63) is 29.1 Å². The Morgan fingerprint density at radius 1 is 1.19 bits per heavy atom. The van der Waals surface area contributed by atoms with Gasteiger partial charge in [0, 0.05) is 11.9 Å². The molecule has 1 aliphatic carbocycles. The predicted octanol–water partition coefficient (Wildman–Crippen LogP) is 4.59. The number of ether oxygens (including phenoxy) is 2. The minimum Gasteiger partial charge on any atom is -0.544 e. The number of allylic oxidation sites excluding steroid dienone is 1. The second-order valence-electron chi connectivity index (χ2n) is 8.38. The molecular weight excluding hydrogens is 350 g/mol. The summed E-state index contributed by atoms with van der Waals surface area (Å²) in [6.07, 6.45) is 5.36. The number of carbonyl (C=O) groups is 2. The van der Waals surface area contributed by atoms with Crippen molar-refractivity contribution < 1.29 is 23.5 Å². The minimum atomic E-state index is -1.91. The monoisotopic (exact) mass is 379 g/mol. The SMILES string of the molecule is COC(=O)c1cn(C(=O)OC(C)(C)C)c2c1C(O[Si](C)(C)C)=CCCC2. The van der Waals surface area contributed by atoms with Crippen molar-refractivity contribution in [2.45, 2.75) is 65.3 Å². The van der Waals surface area contributed by atoms with Crippen LogP contribution in [-0.4, -0.2) is 37.7 Å². The first-order valence-electron chi connectivity index (χ1n) is 8.88. The average Bonchev–Trinajstić information content (AvgIpc) is 2.75. The van der Waals surface area contributed by atoms with Gasteiger partial charge in [-0.15, -0.1) is 0 Å². The third kappa shape index (κ3) is 4.78. The summed E-state index contributed by atoms with van der Waals surface area (Å²) in [6.45, 7) is 11.7. The van der Waals surface area contributed by atoms with E-state index in [2.05, 4.69) is 19.6 Å². The number of carbonyl (C=O) groups excluding carboxylic acids is 2. The van der Waals surface area contributed by atoms with Crippen LogP contribution in [-0.2, 0) is 20.3 Å². The molecule has 0 saturated heterocycles. The third-order valence-electron chi connectivity index (χ3n) is 3.71. The Hall–Kier alpha value is -2.02. The molecular formula is C19H29NO5Si. The van der Waals surface area contributed by atoms with E-state index >= 15 is 0 Å². The molecule has 1 aromatic rings. The Morgan fingerprint density at radius 2 is 1.85 bits per heavy atom. The molecule has 1 aromatic heterocycles. The molecule has 0 N–H and O–H groups in total. The molecule has 0 atom stereocenters. The van der Waals surface area contributed by atoms with Gasteiger partial charge in [0.1, 0.15) is 11.4 Å². The van der Waals surface area contributed by atoms with Crippen molar-refractivity contribution in [3.63, 3.8) is 0 Å². The number of fused-ring (bicyclic) bond motifs is 1. The van der Waals surface area contributed by atoms with Gasteiger partial charge in [-0.2, -0.15) is 0 Å². The summed E-state index contributed by atoms with van der Waals surface area (Å²) in [4.78, 5) is 25.1. The predicted molar refractivity (Wildman–Crippen MR) is 103 cm³/mol. The van der Waals surface area contributed by atoms with Gasteiger partial charge in [-0.05, 0) is 65.8 Å². The Balaban J connectivity index is 2.61. The smallest absolute Gasteiger partial charge is 0.418 e. The van der Waals surface area contributed by atoms with Crippen molar-refractivity contribution in [2.75, 3.05) is 7.11 Å². The summed E-state index contributed by atoms with van der Waals surface area (Å²) in [5, 5.41) is 0. The van der Waals surface area contributed by atoms with E-state index in [1.165, 1.54) is 17.9 Å². The van der Waals surface area contributed by atoms with Crippen LogP contribution in [0.15, 0.2) is 12.3 Å². The van der Waals surface area contributed by atoms with Gasteiger partial charge in [0.05, 0.1) is 18.2 Å².